The van der Waals surface area contributed by atoms with Crippen molar-refractivity contribution in [2.24, 2.45) is 5.92 Å². The van der Waals surface area contributed by atoms with E-state index in [1.54, 1.807) is 0 Å². The van der Waals surface area contributed by atoms with E-state index in [0.29, 0.717) is 18.9 Å². The number of amides is 1. The first-order valence-corrected chi connectivity index (χ1v) is 13.9. The van der Waals surface area contributed by atoms with Crippen LogP contribution in [0.2, 0.25) is 0 Å². The van der Waals surface area contributed by atoms with Crippen LogP contribution in [0.5, 0.6) is 0 Å². The van der Waals surface area contributed by atoms with Crippen LogP contribution in [0, 0.1) is 17.2 Å². The van der Waals surface area contributed by atoms with Crippen molar-refractivity contribution in [3.63, 3.8) is 0 Å². The number of benzene rings is 1. The summed E-state index contributed by atoms with van der Waals surface area (Å²) < 4.78 is 113. The van der Waals surface area contributed by atoms with E-state index in [-0.39, 0.29) is 44.7 Å². The fourth-order valence-corrected chi connectivity index (χ4v) is 7.25. The number of nitrogens with one attached hydrogen (secondary N) is 1. The Morgan fingerprint density at radius 3 is 2.28 bits per heavy atom. The standard InChI is InChI=1S/C24H28F6N4O4S/c1-38-19-12-16(11-17(19)21(35)32-22(13-31)4-5-22)39(36,37)20-3-2-15(10-18(20)24(28,29)30)34-8-6-33(7-9-34)14-23(25,26)27/h2-3,10,16-17,19H,4-9,11-12,14H2,1H3,(H,32,35)/t16-,17-,19-/m1/s1. The Morgan fingerprint density at radius 1 is 1.13 bits per heavy atom. The van der Waals surface area contributed by atoms with E-state index in [0.717, 1.165) is 11.0 Å². The largest absolute Gasteiger partial charge is 0.417 e. The number of halogens is 6. The van der Waals surface area contributed by atoms with Crippen LogP contribution in [-0.2, 0) is 25.5 Å². The molecule has 0 unspecified atom stereocenters. The number of hydrogen-bond acceptors (Lipinski definition) is 7. The number of rotatable bonds is 7. The zero-order valence-electron chi connectivity index (χ0n) is 21.0. The zero-order valence-corrected chi connectivity index (χ0v) is 21.8. The van der Waals surface area contributed by atoms with Crippen LogP contribution in [0.15, 0.2) is 23.1 Å². The van der Waals surface area contributed by atoms with Gasteiger partial charge in [0.25, 0.3) is 0 Å². The summed E-state index contributed by atoms with van der Waals surface area (Å²) in [6.07, 6.45) is -9.83. The van der Waals surface area contributed by atoms with Gasteiger partial charge in [0, 0.05) is 39.0 Å². The van der Waals surface area contributed by atoms with Gasteiger partial charge in [-0.3, -0.25) is 9.69 Å². The predicted octanol–water partition coefficient (Wildman–Crippen LogP) is 3.13. The summed E-state index contributed by atoms with van der Waals surface area (Å²) >= 11 is 0. The van der Waals surface area contributed by atoms with E-state index in [2.05, 4.69) is 5.32 Å². The number of methoxy groups -OCH3 is 1. The molecule has 0 spiro atoms. The van der Waals surface area contributed by atoms with Gasteiger partial charge >= 0.3 is 12.4 Å². The van der Waals surface area contributed by atoms with Crippen molar-refractivity contribution in [2.75, 3.05) is 44.7 Å². The van der Waals surface area contributed by atoms with Crippen molar-refractivity contribution in [1.82, 2.24) is 10.2 Å². The van der Waals surface area contributed by atoms with Gasteiger partial charge in [0.15, 0.2) is 9.84 Å². The molecule has 2 saturated carbocycles. The highest BCUT2D eigenvalue weighted by Gasteiger charge is 2.51. The average Bonchev–Trinajstić information content (AvgIpc) is 3.48. The summed E-state index contributed by atoms with van der Waals surface area (Å²) in [5.74, 6) is -1.53. The number of nitriles is 1. The van der Waals surface area contributed by atoms with Gasteiger partial charge in [0.05, 0.1) is 40.3 Å². The summed E-state index contributed by atoms with van der Waals surface area (Å²) in [4.78, 5) is 14.5. The third kappa shape index (κ3) is 6.44. The summed E-state index contributed by atoms with van der Waals surface area (Å²) in [7, 11) is -3.29. The number of piperazine rings is 1. The molecule has 1 aromatic rings. The molecule has 0 bridgehead atoms. The predicted molar refractivity (Wildman–Crippen MR) is 126 cm³/mol. The molecule has 3 atom stereocenters. The first kappa shape index (κ1) is 29.4. The molecule has 1 heterocycles. The minimum Gasteiger partial charge on any atom is -0.381 e. The Kier molecular flexibility index (Phi) is 7.87. The molecule has 39 heavy (non-hydrogen) atoms. The van der Waals surface area contributed by atoms with Gasteiger partial charge in [-0.1, -0.05) is 0 Å². The Morgan fingerprint density at radius 2 is 1.77 bits per heavy atom. The molecular weight excluding hydrogens is 554 g/mol. The van der Waals surface area contributed by atoms with Gasteiger partial charge in [-0.2, -0.15) is 31.6 Å². The molecule has 1 aliphatic heterocycles. The van der Waals surface area contributed by atoms with Crippen LogP contribution in [0.3, 0.4) is 0 Å². The summed E-state index contributed by atoms with van der Waals surface area (Å²) in [5, 5.41) is 10.5. The van der Waals surface area contributed by atoms with E-state index in [1.807, 2.05) is 6.07 Å². The Hall–Kier alpha value is -2.57. The van der Waals surface area contributed by atoms with Gasteiger partial charge in [-0.15, -0.1) is 0 Å². The molecule has 0 aromatic heterocycles. The van der Waals surface area contributed by atoms with Crippen molar-refractivity contribution in [3.8, 4) is 6.07 Å². The minimum absolute atomic E-state index is 0.0159. The van der Waals surface area contributed by atoms with E-state index >= 15 is 0 Å². The number of ether oxygens (including phenoxy) is 1. The van der Waals surface area contributed by atoms with Crippen LogP contribution in [0.1, 0.15) is 31.2 Å². The van der Waals surface area contributed by atoms with E-state index < -0.39 is 67.9 Å². The lowest BCUT2D eigenvalue weighted by Crippen LogP contribution is -2.49. The second kappa shape index (κ2) is 10.4. The maximum Gasteiger partial charge on any atom is 0.417 e. The number of sulfone groups is 1. The van der Waals surface area contributed by atoms with Crippen LogP contribution < -0.4 is 10.2 Å². The summed E-state index contributed by atoms with van der Waals surface area (Å²) in [5.41, 5.74) is -2.32. The SMILES string of the molecule is CO[C@@H]1C[C@H](S(=O)(=O)c2ccc(N3CCN(CC(F)(F)F)CC3)cc2C(F)(F)F)C[C@H]1C(=O)NC1(C#N)CC1. The van der Waals surface area contributed by atoms with E-state index in [9.17, 15) is 44.8 Å². The van der Waals surface area contributed by atoms with Crippen LogP contribution in [0.25, 0.3) is 0 Å². The smallest absolute Gasteiger partial charge is 0.381 e. The third-order valence-electron chi connectivity index (χ3n) is 7.58. The second-order valence-electron chi connectivity index (χ2n) is 10.3. The molecule has 15 heteroatoms. The fraction of sp³-hybridized carbons (Fsp3) is 0.667. The summed E-state index contributed by atoms with van der Waals surface area (Å²) in [6.45, 7) is -1.07. The molecule has 216 valence electrons. The molecule has 4 rings (SSSR count). The van der Waals surface area contributed by atoms with Gasteiger partial charge in [-0.05, 0) is 43.9 Å². The van der Waals surface area contributed by atoms with Crippen LogP contribution >= 0.6 is 0 Å². The van der Waals surface area contributed by atoms with Crippen molar-refractivity contribution in [3.05, 3.63) is 23.8 Å². The number of anilines is 1. The first-order chi connectivity index (χ1) is 18.1. The highest BCUT2D eigenvalue weighted by atomic mass is 32.2. The van der Waals surface area contributed by atoms with Crippen molar-refractivity contribution in [1.29, 1.82) is 5.26 Å². The molecule has 1 N–H and O–H groups in total. The number of nitrogens with zero attached hydrogens (tertiary/aromatic N) is 3. The van der Waals surface area contributed by atoms with Gasteiger partial charge < -0.3 is 15.0 Å². The highest BCUT2D eigenvalue weighted by molar-refractivity contribution is 7.92. The number of carbonyl (C=O) groups excluding carboxylic acids is 1. The molecule has 3 fully saturated rings. The van der Waals surface area contributed by atoms with Gasteiger partial charge in [0.2, 0.25) is 5.91 Å². The monoisotopic (exact) mass is 582 g/mol. The molecule has 3 aliphatic rings. The fourth-order valence-electron chi connectivity index (χ4n) is 5.24. The maximum absolute atomic E-state index is 14.1. The van der Waals surface area contributed by atoms with E-state index in [4.69, 9.17) is 4.74 Å². The number of hydrogen-bond donors (Lipinski definition) is 1. The Labute approximate surface area is 221 Å². The number of alkyl halides is 6. The average molecular weight is 583 g/mol. The Balaban J connectivity index is 1.55. The lowest BCUT2D eigenvalue weighted by atomic mass is 10.0. The third-order valence-corrected chi connectivity index (χ3v) is 9.81. The lowest BCUT2D eigenvalue weighted by molar-refractivity contribution is -0.146. The molecule has 1 amide bonds. The lowest BCUT2D eigenvalue weighted by Gasteiger charge is -2.36. The molecule has 1 aromatic carbocycles. The quantitative estimate of drug-likeness (QED) is 0.493. The number of carbonyl (C=O) groups is 1. The van der Waals surface area contributed by atoms with Crippen molar-refractivity contribution in [2.45, 2.75) is 59.8 Å². The maximum atomic E-state index is 14.1. The molecule has 2 aliphatic carbocycles. The molecule has 1 saturated heterocycles. The van der Waals surface area contributed by atoms with Crippen molar-refractivity contribution >= 4 is 21.4 Å². The van der Waals surface area contributed by atoms with Gasteiger partial charge in [0.1, 0.15) is 5.54 Å². The molecular formula is C24H28F6N4O4S. The van der Waals surface area contributed by atoms with E-state index in [1.165, 1.54) is 18.1 Å². The highest BCUT2D eigenvalue weighted by Crippen LogP contribution is 2.43. The second-order valence-corrected chi connectivity index (χ2v) is 12.5. The molecule has 8 nitrogen and oxygen atoms in total. The normalized spacial score (nSPS) is 25.8. The zero-order chi connectivity index (χ0) is 28.8. The van der Waals surface area contributed by atoms with Crippen LogP contribution in [0.4, 0.5) is 32.0 Å². The topological polar surface area (TPSA) is 103 Å². The Bertz CT molecular complexity index is 1230. The molecule has 0 radical (unpaired) electrons. The van der Waals surface area contributed by atoms with Gasteiger partial charge in [-0.25, -0.2) is 8.42 Å². The summed E-state index contributed by atoms with van der Waals surface area (Å²) in [6, 6.07) is 4.81. The first-order valence-electron chi connectivity index (χ1n) is 12.3. The minimum atomic E-state index is -5.03. The van der Waals surface area contributed by atoms with Crippen LogP contribution in [-0.4, -0.2) is 82.1 Å². The van der Waals surface area contributed by atoms with Crippen molar-refractivity contribution < 1.29 is 44.3 Å².